The monoisotopic (exact) mass is 569 g/mol. The Balaban J connectivity index is 1.49. The lowest BCUT2D eigenvalue weighted by Crippen LogP contribution is -2.34. The molecule has 0 aromatic heterocycles. The van der Waals surface area contributed by atoms with Crippen molar-refractivity contribution in [1.29, 1.82) is 0 Å². The fourth-order valence-corrected chi connectivity index (χ4v) is 6.62. The summed E-state index contributed by atoms with van der Waals surface area (Å²) in [5.74, 6) is 3.36. The first-order chi connectivity index (χ1) is 21.0. The lowest BCUT2D eigenvalue weighted by atomic mass is 9.77. The van der Waals surface area contributed by atoms with Crippen LogP contribution in [0.1, 0.15) is 27.8 Å². The highest BCUT2D eigenvalue weighted by molar-refractivity contribution is 6.06. The number of aryl methyl sites for hydroxylation is 1. The molecule has 0 saturated carbocycles. The van der Waals surface area contributed by atoms with Crippen LogP contribution < -0.4 is 23.8 Å². The summed E-state index contributed by atoms with van der Waals surface area (Å²) >= 11 is 0. The maximum Gasteiger partial charge on any atom is 0.178 e. The second-order valence-corrected chi connectivity index (χ2v) is 11.4. The zero-order valence-electron chi connectivity index (χ0n) is 25.2. The molecule has 43 heavy (non-hydrogen) atoms. The van der Waals surface area contributed by atoms with Gasteiger partial charge in [-0.3, -0.25) is 0 Å². The first kappa shape index (κ1) is 27.0. The molecule has 1 unspecified atom stereocenters. The van der Waals surface area contributed by atoms with E-state index in [0.29, 0.717) is 0 Å². The number of fused-ring (bicyclic) bond motifs is 8. The van der Waals surface area contributed by atoms with E-state index in [2.05, 4.69) is 97.9 Å². The summed E-state index contributed by atoms with van der Waals surface area (Å²) in [5.41, 5.74) is 8.63. The summed E-state index contributed by atoms with van der Waals surface area (Å²) in [4.78, 5) is 2.11. The molecule has 7 rings (SSSR count). The van der Waals surface area contributed by atoms with Gasteiger partial charge in [0, 0.05) is 41.9 Å². The zero-order chi connectivity index (χ0) is 29.7. The third kappa shape index (κ3) is 4.30. The highest BCUT2D eigenvalue weighted by atomic mass is 16.5. The predicted molar refractivity (Wildman–Crippen MR) is 174 cm³/mol. The van der Waals surface area contributed by atoms with Crippen molar-refractivity contribution < 1.29 is 18.9 Å². The Morgan fingerprint density at radius 3 is 1.98 bits per heavy atom. The van der Waals surface area contributed by atoms with Crippen LogP contribution in [0.3, 0.4) is 0 Å². The Labute approximate surface area is 252 Å². The van der Waals surface area contributed by atoms with Gasteiger partial charge in [0.15, 0.2) is 5.60 Å². The number of rotatable bonds is 6. The lowest BCUT2D eigenvalue weighted by Gasteiger charge is -2.38. The van der Waals surface area contributed by atoms with Gasteiger partial charge in [-0.1, -0.05) is 36.4 Å². The van der Waals surface area contributed by atoms with E-state index in [9.17, 15) is 0 Å². The van der Waals surface area contributed by atoms with Crippen molar-refractivity contribution in [2.45, 2.75) is 18.4 Å². The highest BCUT2D eigenvalue weighted by Gasteiger charge is 2.39. The lowest BCUT2D eigenvalue weighted by molar-refractivity contribution is 0.163. The second-order valence-electron chi connectivity index (χ2n) is 11.4. The van der Waals surface area contributed by atoms with Gasteiger partial charge in [-0.05, 0) is 101 Å². The van der Waals surface area contributed by atoms with Crippen molar-refractivity contribution in [2.24, 2.45) is 0 Å². The Bertz CT molecular complexity index is 1870. The maximum absolute atomic E-state index is 7.35. The minimum Gasteiger partial charge on any atom is -0.497 e. The minimum absolute atomic E-state index is 0.795. The van der Waals surface area contributed by atoms with Gasteiger partial charge in [-0.25, -0.2) is 0 Å². The molecule has 0 N–H and O–H groups in total. The molecule has 5 aromatic rings. The number of ether oxygens (including phenoxy) is 4. The molecule has 1 heterocycles. The topological polar surface area (TPSA) is 40.2 Å². The quantitative estimate of drug-likeness (QED) is 0.207. The molecule has 1 aliphatic carbocycles. The molecule has 5 heteroatoms. The van der Waals surface area contributed by atoms with Crippen LogP contribution in [0.2, 0.25) is 0 Å². The molecule has 0 bridgehead atoms. The molecule has 0 spiro atoms. The molecule has 0 radical (unpaired) electrons. The third-order valence-electron chi connectivity index (χ3n) is 8.92. The van der Waals surface area contributed by atoms with E-state index in [1.54, 1.807) is 21.3 Å². The second kappa shape index (κ2) is 10.4. The van der Waals surface area contributed by atoms with E-state index in [4.69, 9.17) is 18.9 Å². The van der Waals surface area contributed by atoms with Crippen LogP contribution in [0.5, 0.6) is 23.0 Å². The van der Waals surface area contributed by atoms with E-state index in [1.165, 1.54) is 22.3 Å². The van der Waals surface area contributed by atoms with Gasteiger partial charge in [0.2, 0.25) is 0 Å². The number of hydrogen-bond donors (Lipinski definition) is 0. The van der Waals surface area contributed by atoms with E-state index >= 15 is 0 Å². The molecule has 2 aliphatic rings. The molecular weight excluding hydrogens is 534 g/mol. The summed E-state index contributed by atoms with van der Waals surface area (Å²) < 4.78 is 24.1. The summed E-state index contributed by atoms with van der Waals surface area (Å²) in [6.45, 7) is 0. The fourth-order valence-electron chi connectivity index (χ4n) is 6.62. The Kier molecular flexibility index (Phi) is 6.54. The largest absolute Gasteiger partial charge is 0.497 e. The van der Waals surface area contributed by atoms with Gasteiger partial charge in [0.1, 0.15) is 23.0 Å². The van der Waals surface area contributed by atoms with Crippen molar-refractivity contribution in [2.75, 3.05) is 40.3 Å². The number of methoxy groups -OCH3 is 3. The van der Waals surface area contributed by atoms with Crippen LogP contribution in [0, 0.1) is 0 Å². The van der Waals surface area contributed by atoms with Gasteiger partial charge in [-0.15, -0.1) is 0 Å². The van der Waals surface area contributed by atoms with Crippen molar-refractivity contribution >= 4 is 22.5 Å². The molecule has 1 aliphatic heterocycles. The number of anilines is 1. The predicted octanol–water partition coefficient (Wildman–Crippen LogP) is 8.05. The van der Waals surface area contributed by atoms with Crippen LogP contribution in [0.25, 0.3) is 28.0 Å². The number of nitrogens with zero attached hydrogens (tertiary/aromatic N) is 1. The van der Waals surface area contributed by atoms with Crippen LogP contribution >= 0.6 is 0 Å². The van der Waals surface area contributed by atoms with E-state index in [1.807, 2.05) is 18.2 Å². The maximum atomic E-state index is 7.35. The van der Waals surface area contributed by atoms with Crippen LogP contribution in [0.4, 0.5) is 5.69 Å². The van der Waals surface area contributed by atoms with Crippen molar-refractivity contribution in [3.63, 3.8) is 0 Å². The van der Waals surface area contributed by atoms with Crippen molar-refractivity contribution in [3.8, 4) is 34.1 Å². The summed E-state index contributed by atoms with van der Waals surface area (Å²) in [5, 5.41) is 2.19. The number of benzene rings is 5. The Morgan fingerprint density at radius 1 is 0.674 bits per heavy atom. The number of hydrogen-bond acceptors (Lipinski definition) is 5. The van der Waals surface area contributed by atoms with Crippen molar-refractivity contribution in [3.05, 3.63) is 119 Å². The molecule has 5 nitrogen and oxygen atoms in total. The average Bonchev–Trinajstić information content (AvgIpc) is 3.07. The Hall–Kier alpha value is -4.90. The standard InChI is InChI=1S/C38H35NO4/c1-39(2)27-11-7-25(8-12-27)38(26-9-13-28(40-3)14-10-26)21-20-34-32-17-6-24-22-29(41-4)15-18-31(24)36(32)33-19-16-30(42-5)23-35(33)37(34)43-38/h7-16,18-23H,6,17H2,1-5H3. The van der Waals surface area contributed by atoms with Gasteiger partial charge in [0.25, 0.3) is 0 Å². The SMILES string of the molecule is COc1ccc(C2(c3ccc(N(C)C)cc3)C=Cc3c4c(c5ccc(OC)cc5c3O2)-c2ccc(OC)cc2CC4)cc1. The summed E-state index contributed by atoms with van der Waals surface area (Å²) in [6.07, 6.45) is 6.35. The van der Waals surface area contributed by atoms with Crippen molar-refractivity contribution in [1.82, 2.24) is 0 Å². The molecule has 0 amide bonds. The summed E-state index contributed by atoms with van der Waals surface area (Å²) in [6, 6.07) is 29.6. The van der Waals surface area contributed by atoms with Crippen LogP contribution in [-0.2, 0) is 18.4 Å². The van der Waals surface area contributed by atoms with Gasteiger partial charge < -0.3 is 23.8 Å². The van der Waals surface area contributed by atoms with E-state index in [0.717, 1.165) is 69.0 Å². The molecular formula is C38H35NO4. The first-order valence-electron chi connectivity index (χ1n) is 14.6. The average molecular weight is 570 g/mol. The van der Waals surface area contributed by atoms with Crippen LogP contribution in [-0.4, -0.2) is 35.4 Å². The summed E-state index contributed by atoms with van der Waals surface area (Å²) in [7, 11) is 9.23. The highest BCUT2D eigenvalue weighted by Crippen LogP contribution is 2.52. The van der Waals surface area contributed by atoms with Gasteiger partial charge >= 0.3 is 0 Å². The molecule has 0 saturated heterocycles. The van der Waals surface area contributed by atoms with Gasteiger partial charge in [0.05, 0.1) is 21.3 Å². The van der Waals surface area contributed by atoms with E-state index in [-0.39, 0.29) is 0 Å². The smallest absolute Gasteiger partial charge is 0.178 e. The third-order valence-corrected chi connectivity index (χ3v) is 8.92. The molecule has 0 fully saturated rings. The zero-order valence-corrected chi connectivity index (χ0v) is 25.2. The van der Waals surface area contributed by atoms with Gasteiger partial charge in [-0.2, -0.15) is 0 Å². The van der Waals surface area contributed by atoms with Crippen LogP contribution in [0.15, 0.2) is 91.0 Å². The van der Waals surface area contributed by atoms with E-state index < -0.39 is 5.60 Å². The normalized spacial score (nSPS) is 16.5. The molecule has 5 aromatic carbocycles. The minimum atomic E-state index is -0.839. The fraction of sp³-hybridized carbons (Fsp3) is 0.211. The molecule has 216 valence electrons. The Morgan fingerprint density at radius 2 is 1.30 bits per heavy atom. The molecule has 1 atom stereocenters. The first-order valence-corrected chi connectivity index (χ1v) is 14.6.